The van der Waals surface area contributed by atoms with E-state index in [1.54, 1.807) is 0 Å². The van der Waals surface area contributed by atoms with Gasteiger partial charge in [-0.05, 0) is 32.6 Å². The average molecular weight is 308 g/mol. The number of hydrogen-bond acceptors (Lipinski definition) is 1. The first kappa shape index (κ1) is 14.0. The largest absolute Gasteiger partial charge is 0.268 e. The van der Waals surface area contributed by atoms with Gasteiger partial charge in [-0.25, -0.2) is 0 Å². The fourth-order valence-electron chi connectivity index (χ4n) is 1.75. The second kappa shape index (κ2) is 6.65. The van der Waals surface area contributed by atoms with Crippen LogP contribution >= 0.6 is 27.5 Å². The van der Waals surface area contributed by atoms with Gasteiger partial charge in [-0.15, -0.1) is 0 Å². The smallest absolute Gasteiger partial charge is 0.0849 e. The van der Waals surface area contributed by atoms with Crippen LogP contribution in [0, 0.1) is 0 Å². The third kappa shape index (κ3) is 3.24. The minimum Gasteiger partial charge on any atom is -0.268 e. The first-order valence-corrected chi connectivity index (χ1v) is 7.31. The summed E-state index contributed by atoms with van der Waals surface area (Å²) >= 11 is 9.99. The highest BCUT2D eigenvalue weighted by Crippen LogP contribution is 2.24. The Hall–Kier alpha value is -0.0200. The van der Waals surface area contributed by atoms with Crippen molar-refractivity contribution in [2.75, 3.05) is 0 Å². The molecule has 0 radical (unpaired) electrons. The maximum Gasteiger partial charge on any atom is 0.0849 e. The van der Waals surface area contributed by atoms with Gasteiger partial charge < -0.3 is 0 Å². The van der Waals surface area contributed by atoms with Crippen molar-refractivity contribution >= 4 is 27.5 Å². The molecule has 92 valence electrons. The molecule has 0 amide bonds. The molecule has 1 aromatic rings. The zero-order chi connectivity index (χ0) is 12.1. The van der Waals surface area contributed by atoms with Gasteiger partial charge in [0.05, 0.1) is 16.4 Å². The lowest BCUT2D eigenvalue weighted by Crippen LogP contribution is -2.06. The van der Waals surface area contributed by atoms with E-state index in [0.29, 0.717) is 4.83 Å². The Morgan fingerprint density at radius 3 is 2.56 bits per heavy atom. The van der Waals surface area contributed by atoms with Crippen molar-refractivity contribution in [2.45, 2.75) is 57.8 Å². The van der Waals surface area contributed by atoms with Gasteiger partial charge in [-0.2, -0.15) is 5.10 Å². The van der Waals surface area contributed by atoms with Crippen LogP contribution in [0.1, 0.15) is 45.0 Å². The summed E-state index contributed by atoms with van der Waals surface area (Å²) in [6.07, 6.45) is 4.18. The van der Waals surface area contributed by atoms with Crippen molar-refractivity contribution < 1.29 is 0 Å². The SMILES string of the molecule is CCc1nn(CC)c(CCC(Br)CC)c1Cl. The number of alkyl halides is 1. The predicted molar refractivity (Wildman–Crippen MR) is 73.6 cm³/mol. The molecule has 1 atom stereocenters. The molecule has 1 rings (SSSR count). The Labute approximate surface area is 111 Å². The van der Waals surface area contributed by atoms with Crippen LogP contribution in [-0.4, -0.2) is 14.6 Å². The van der Waals surface area contributed by atoms with Crippen LogP contribution in [0.15, 0.2) is 0 Å². The van der Waals surface area contributed by atoms with Crippen molar-refractivity contribution in [1.29, 1.82) is 0 Å². The molecule has 0 spiro atoms. The monoisotopic (exact) mass is 306 g/mol. The van der Waals surface area contributed by atoms with Gasteiger partial charge in [0.1, 0.15) is 0 Å². The molecule has 0 bridgehead atoms. The average Bonchev–Trinajstić information content (AvgIpc) is 2.62. The van der Waals surface area contributed by atoms with Gasteiger partial charge in [-0.1, -0.05) is 41.4 Å². The van der Waals surface area contributed by atoms with E-state index < -0.39 is 0 Å². The Morgan fingerprint density at radius 2 is 2.06 bits per heavy atom. The molecule has 0 aliphatic heterocycles. The van der Waals surface area contributed by atoms with Crippen LogP contribution in [0.25, 0.3) is 0 Å². The summed E-state index contributed by atoms with van der Waals surface area (Å²) in [5.74, 6) is 0. The Kier molecular flexibility index (Phi) is 5.84. The van der Waals surface area contributed by atoms with E-state index in [0.717, 1.165) is 42.9 Å². The standard InChI is InChI=1S/C12H20BrClN2/c1-4-9(13)7-8-11-12(14)10(5-2)15-16(11)6-3/h9H,4-8H2,1-3H3. The van der Waals surface area contributed by atoms with Crippen LogP contribution in [0.3, 0.4) is 0 Å². The molecular weight excluding hydrogens is 288 g/mol. The minimum absolute atomic E-state index is 0.578. The molecular formula is C12H20BrClN2. The van der Waals surface area contributed by atoms with E-state index in [4.69, 9.17) is 11.6 Å². The van der Waals surface area contributed by atoms with Crippen molar-refractivity contribution in [3.8, 4) is 0 Å². The highest BCUT2D eigenvalue weighted by Gasteiger charge is 2.14. The molecule has 0 aliphatic carbocycles. The van der Waals surface area contributed by atoms with Crippen molar-refractivity contribution in [1.82, 2.24) is 9.78 Å². The molecule has 0 N–H and O–H groups in total. The number of halogens is 2. The van der Waals surface area contributed by atoms with E-state index in [-0.39, 0.29) is 0 Å². The fourth-order valence-corrected chi connectivity index (χ4v) is 2.35. The molecule has 1 aromatic heterocycles. The van der Waals surface area contributed by atoms with Gasteiger partial charge in [0.2, 0.25) is 0 Å². The molecule has 0 fully saturated rings. The zero-order valence-corrected chi connectivity index (χ0v) is 12.6. The van der Waals surface area contributed by atoms with Crippen molar-refractivity contribution in [3.05, 3.63) is 16.4 Å². The lowest BCUT2D eigenvalue weighted by Gasteiger charge is -2.08. The molecule has 1 heterocycles. The normalized spacial score (nSPS) is 13.1. The van der Waals surface area contributed by atoms with E-state index in [1.165, 1.54) is 5.69 Å². The fraction of sp³-hybridized carbons (Fsp3) is 0.750. The van der Waals surface area contributed by atoms with E-state index >= 15 is 0 Å². The Bertz CT molecular complexity index is 336. The van der Waals surface area contributed by atoms with Crippen LogP contribution in [0.2, 0.25) is 5.02 Å². The summed E-state index contributed by atoms with van der Waals surface area (Å²) in [4.78, 5) is 0.578. The highest BCUT2D eigenvalue weighted by atomic mass is 79.9. The molecule has 0 aromatic carbocycles. The topological polar surface area (TPSA) is 17.8 Å². The van der Waals surface area contributed by atoms with Crippen molar-refractivity contribution in [3.63, 3.8) is 0 Å². The zero-order valence-electron chi connectivity index (χ0n) is 10.3. The summed E-state index contributed by atoms with van der Waals surface area (Å²) in [6.45, 7) is 7.29. The quantitative estimate of drug-likeness (QED) is 0.719. The summed E-state index contributed by atoms with van der Waals surface area (Å²) in [6, 6.07) is 0. The van der Waals surface area contributed by atoms with Gasteiger partial charge in [0.15, 0.2) is 0 Å². The number of rotatable bonds is 6. The second-order valence-electron chi connectivity index (χ2n) is 3.92. The Balaban J connectivity index is 2.80. The van der Waals surface area contributed by atoms with Gasteiger partial charge in [-0.3, -0.25) is 4.68 Å². The number of aryl methyl sites for hydroxylation is 2. The molecule has 0 saturated carbocycles. The summed E-state index contributed by atoms with van der Waals surface area (Å²) < 4.78 is 2.04. The summed E-state index contributed by atoms with van der Waals surface area (Å²) in [5.41, 5.74) is 2.22. The molecule has 1 unspecified atom stereocenters. The number of hydrogen-bond donors (Lipinski definition) is 0. The van der Waals surface area contributed by atoms with Gasteiger partial charge in [0.25, 0.3) is 0 Å². The van der Waals surface area contributed by atoms with E-state index in [2.05, 4.69) is 41.8 Å². The van der Waals surface area contributed by atoms with Gasteiger partial charge in [0, 0.05) is 11.4 Å². The minimum atomic E-state index is 0.578. The maximum atomic E-state index is 6.34. The first-order chi connectivity index (χ1) is 7.63. The second-order valence-corrected chi connectivity index (χ2v) is 5.59. The molecule has 2 nitrogen and oxygen atoms in total. The third-order valence-corrected chi connectivity index (χ3v) is 4.37. The van der Waals surface area contributed by atoms with Crippen LogP contribution in [0.4, 0.5) is 0 Å². The molecule has 4 heteroatoms. The van der Waals surface area contributed by atoms with E-state index in [9.17, 15) is 0 Å². The van der Waals surface area contributed by atoms with Crippen LogP contribution in [-0.2, 0) is 19.4 Å². The summed E-state index contributed by atoms with van der Waals surface area (Å²) in [7, 11) is 0. The predicted octanol–water partition coefficient (Wildman–Crippen LogP) is 4.22. The van der Waals surface area contributed by atoms with Crippen LogP contribution in [0.5, 0.6) is 0 Å². The number of nitrogens with zero attached hydrogens (tertiary/aromatic N) is 2. The lowest BCUT2D eigenvalue weighted by molar-refractivity contribution is 0.598. The van der Waals surface area contributed by atoms with Crippen LogP contribution < -0.4 is 0 Å². The van der Waals surface area contributed by atoms with Crippen molar-refractivity contribution in [2.24, 2.45) is 0 Å². The first-order valence-electron chi connectivity index (χ1n) is 6.02. The lowest BCUT2D eigenvalue weighted by atomic mass is 10.1. The third-order valence-electron chi connectivity index (χ3n) is 2.83. The molecule has 16 heavy (non-hydrogen) atoms. The highest BCUT2D eigenvalue weighted by molar-refractivity contribution is 9.09. The molecule has 0 saturated heterocycles. The molecule has 0 aliphatic rings. The summed E-state index contributed by atoms with van der Waals surface area (Å²) in [5, 5.41) is 5.40. The Morgan fingerprint density at radius 1 is 1.38 bits per heavy atom. The van der Waals surface area contributed by atoms with E-state index in [1.807, 2.05) is 4.68 Å². The maximum absolute atomic E-state index is 6.34. The number of aromatic nitrogens is 2. The van der Waals surface area contributed by atoms with Gasteiger partial charge >= 0.3 is 0 Å².